The van der Waals surface area contributed by atoms with E-state index >= 15 is 0 Å². The number of rotatable bonds is 3. The Labute approximate surface area is 128 Å². The zero-order valence-electron chi connectivity index (χ0n) is 12.0. The third-order valence-corrected chi connectivity index (χ3v) is 3.64. The summed E-state index contributed by atoms with van der Waals surface area (Å²) in [6.45, 7) is 1.98. The summed E-state index contributed by atoms with van der Waals surface area (Å²) < 4.78 is 0. The van der Waals surface area contributed by atoms with Gasteiger partial charge in [-0.2, -0.15) is 0 Å². The molecule has 0 aromatic heterocycles. The van der Waals surface area contributed by atoms with Crippen LogP contribution in [0.3, 0.4) is 0 Å². The van der Waals surface area contributed by atoms with Gasteiger partial charge in [-0.15, -0.1) is 0 Å². The van der Waals surface area contributed by atoms with Crippen molar-refractivity contribution in [1.29, 1.82) is 0 Å². The number of aliphatic hydroxyl groups excluding tert-OH is 1. The van der Waals surface area contributed by atoms with E-state index in [2.05, 4.69) is 0 Å². The molecular weight excluding hydrogens is 276 g/mol. The lowest BCUT2D eigenvalue weighted by Gasteiger charge is -1.97. The standard InChI is InChI=1S/C19H14O3/c1-12-6-8-13(9-7-12)10-11-16(20)17-18(21)14-4-2-3-5-15(14)19(17)22/h2-11,21H,1H3. The molecule has 0 amide bonds. The van der Waals surface area contributed by atoms with Crippen LogP contribution in [0.4, 0.5) is 0 Å². The van der Waals surface area contributed by atoms with Crippen LogP contribution in [0.2, 0.25) is 0 Å². The monoisotopic (exact) mass is 290 g/mol. The molecule has 0 radical (unpaired) electrons. The van der Waals surface area contributed by atoms with Crippen molar-refractivity contribution in [2.45, 2.75) is 6.92 Å². The van der Waals surface area contributed by atoms with Crippen LogP contribution in [0.25, 0.3) is 11.8 Å². The Bertz CT molecular complexity index is 824. The van der Waals surface area contributed by atoms with Gasteiger partial charge in [0.1, 0.15) is 11.3 Å². The fourth-order valence-electron chi connectivity index (χ4n) is 2.43. The first-order valence-corrected chi connectivity index (χ1v) is 6.94. The van der Waals surface area contributed by atoms with Crippen LogP contribution in [-0.4, -0.2) is 16.7 Å². The minimum absolute atomic E-state index is 0.162. The molecule has 2 aromatic carbocycles. The van der Waals surface area contributed by atoms with Crippen molar-refractivity contribution in [1.82, 2.24) is 0 Å². The van der Waals surface area contributed by atoms with E-state index in [-0.39, 0.29) is 11.3 Å². The average Bonchev–Trinajstić information content (AvgIpc) is 2.79. The highest BCUT2D eigenvalue weighted by atomic mass is 16.3. The number of aliphatic hydroxyl groups is 1. The number of carbonyl (C=O) groups is 2. The number of allylic oxidation sites excluding steroid dienone is 2. The van der Waals surface area contributed by atoms with Crippen molar-refractivity contribution in [3.63, 3.8) is 0 Å². The molecular formula is C19H14O3. The van der Waals surface area contributed by atoms with Gasteiger partial charge in [0.2, 0.25) is 5.78 Å². The van der Waals surface area contributed by atoms with E-state index < -0.39 is 11.6 Å². The summed E-state index contributed by atoms with van der Waals surface area (Å²) in [6, 6.07) is 14.3. The topological polar surface area (TPSA) is 54.4 Å². The van der Waals surface area contributed by atoms with Gasteiger partial charge in [-0.25, -0.2) is 0 Å². The molecule has 22 heavy (non-hydrogen) atoms. The molecule has 0 fully saturated rings. The predicted molar refractivity (Wildman–Crippen MR) is 85.5 cm³/mol. The predicted octanol–water partition coefficient (Wildman–Crippen LogP) is 3.74. The van der Waals surface area contributed by atoms with Crippen LogP contribution < -0.4 is 0 Å². The van der Waals surface area contributed by atoms with E-state index in [0.717, 1.165) is 11.1 Å². The second-order valence-corrected chi connectivity index (χ2v) is 5.21. The van der Waals surface area contributed by atoms with Gasteiger partial charge in [0.05, 0.1) is 0 Å². The number of carbonyl (C=O) groups excluding carboxylic acids is 2. The normalized spacial score (nSPS) is 13.8. The molecule has 3 nitrogen and oxygen atoms in total. The quantitative estimate of drug-likeness (QED) is 0.692. The lowest BCUT2D eigenvalue weighted by Crippen LogP contribution is -2.08. The highest BCUT2D eigenvalue weighted by molar-refractivity contribution is 6.36. The van der Waals surface area contributed by atoms with Gasteiger partial charge in [-0.1, -0.05) is 60.2 Å². The zero-order chi connectivity index (χ0) is 15.7. The van der Waals surface area contributed by atoms with Gasteiger partial charge in [-0.3, -0.25) is 9.59 Å². The molecule has 0 saturated heterocycles. The van der Waals surface area contributed by atoms with Gasteiger partial charge in [0.25, 0.3) is 0 Å². The Morgan fingerprint density at radius 2 is 1.64 bits per heavy atom. The lowest BCUT2D eigenvalue weighted by atomic mass is 10.0. The Morgan fingerprint density at radius 3 is 2.27 bits per heavy atom. The molecule has 1 aliphatic rings. The summed E-state index contributed by atoms with van der Waals surface area (Å²) in [7, 11) is 0. The molecule has 0 unspecified atom stereocenters. The van der Waals surface area contributed by atoms with Crippen molar-refractivity contribution in [3.8, 4) is 0 Å². The first-order valence-electron chi connectivity index (χ1n) is 6.94. The van der Waals surface area contributed by atoms with Crippen LogP contribution in [0.1, 0.15) is 27.0 Å². The van der Waals surface area contributed by atoms with Crippen molar-refractivity contribution in [2.75, 3.05) is 0 Å². The Morgan fingerprint density at radius 1 is 1.00 bits per heavy atom. The molecule has 0 bridgehead atoms. The van der Waals surface area contributed by atoms with Crippen LogP contribution in [0, 0.1) is 6.92 Å². The minimum atomic E-state index is -0.487. The summed E-state index contributed by atoms with van der Waals surface area (Å²) in [5.74, 6) is -1.15. The summed E-state index contributed by atoms with van der Waals surface area (Å²) >= 11 is 0. The SMILES string of the molecule is Cc1ccc(C=CC(=O)C2=C(O)c3ccccc3C2=O)cc1. The van der Waals surface area contributed by atoms with Crippen LogP contribution in [0.5, 0.6) is 0 Å². The maximum atomic E-state index is 12.2. The number of hydrogen-bond donors (Lipinski definition) is 1. The molecule has 3 heteroatoms. The Balaban J connectivity index is 1.89. The van der Waals surface area contributed by atoms with Crippen molar-refractivity contribution in [2.24, 2.45) is 0 Å². The Hall–Kier alpha value is -2.94. The number of benzene rings is 2. The molecule has 2 aromatic rings. The molecule has 108 valence electrons. The highest BCUT2D eigenvalue weighted by Crippen LogP contribution is 2.31. The summed E-state index contributed by atoms with van der Waals surface area (Å²) in [5.41, 5.74) is 2.61. The van der Waals surface area contributed by atoms with E-state index in [9.17, 15) is 14.7 Å². The zero-order valence-corrected chi connectivity index (χ0v) is 12.0. The first kappa shape index (κ1) is 14.0. The fraction of sp³-hybridized carbons (Fsp3) is 0.0526. The molecule has 0 aliphatic heterocycles. The lowest BCUT2D eigenvalue weighted by molar-refractivity contribution is -0.110. The fourth-order valence-corrected chi connectivity index (χ4v) is 2.43. The number of Topliss-reactive ketones (excluding diaryl/α,β-unsaturated/α-hetero) is 1. The summed E-state index contributed by atoms with van der Waals surface area (Å²) in [5, 5.41) is 10.1. The van der Waals surface area contributed by atoms with Crippen molar-refractivity contribution in [3.05, 3.63) is 82.4 Å². The molecule has 3 rings (SSSR count). The van der Waals surface area contributed by atoms with Gasteiger partial charge >= 0.3 is 0 Å². The molecule has 0 atom stereocenters. The summed E-state index contributed by atoms with van der Waals surface area (Å²) in [6.07, 6.45) is 2.96. The van der Waals surface area contributed by atoms with Crippen LogP contribution in [0.15, 0.2) is 60.2 Å². The highest BCUT2D eigenvalue weighted by Gasteiger charge is 2.32. The maximum Gasteiger partial charge on any atom is 0.201 e. The van der Waals surface area contributed by atoms with Crippen molar-refractivity contribution < 1.29 is 14.7 Å². The van der Waals surface area contributed by atoms with E-state index in [1.54, 1.807) is 30.3 Å². The average molecular weight is 290 g/mol. The van der Waals surface area contributed by atoms with Gasteiger partial charge in [-0.05, 0) is 18.6 Å². The van der Waals surface area contributed by atoms with E-state index in [1.165, 1.54) is 6.08 Å². The summed E-state index contributed by atoms with van der Waals surface area (Å²) in [4.78, 5) is 24.5. The number of ketones is 2. The number of hydrogen-bond acceptors (Lipinski definition) is 3. The van der Waals surface area contributed by atoms with E-state index in [4.69, 9.17) is 0 Å². The molecule has 0 saturated carbocycles. The van der Waals surface area contributed by atoms with E-state index in [0.29, 0.717) is 11.1 Å². The van der Waals surface area contributed by atoms with Crippen LogP contribution in [-0.2, 0) is 4.79 Å². The largest absolute Gasteiger partial charge is 0.506 e. The number of aryl methyl sites for hydroxylation is 1. The maximum absolute atomic E-state index is 12.2. The van der Waals surface area contributed by atoms with E-state index in [1.807, 2.05) is 31.2 Å². The third-order valence-electron chi connectivity index (χ3n) is 3.64. The second-order valence-electron chi connectivity index (χ2n) is 5.21. The van der Waals surface area contributed by atoms with Gasteiger partial charge in [0.15, 0.2) is 5.78 Å². The van der Waals surface area contributed by atoms with Crippen molar-refractivity contribution >= 4 is 23.4 Å². The minimum Gasteiger partial charge on any atom is -0.506 e. The molecule has 1 aliphatic carbocycles. The number of fused-ring (bicyclic) bond motifs is 1. The molecule has 1 N–H and O–H groups in total. The Kier molecular flexibility index (Phi) is 3.47. The van der Waals surface area contributed by atoms with Gasteiger partial charge in [0, 0.05) is 11.1 Å². The molecule has 0 spiro atoms. The third kappa shape index (κ3) is 2.37. The van der Waals surface area contributed by atoms with Crippen LogP contribution >= 0.6 is 0 Å². The molecule has 0 heterocycles. The van der Waals surface area contributed by atoms with Gasteiger partial charge < -0.3 is 5.11 Å². The first-order chi connectivity index (χ1) is 10.6. The smallest absolute Gasteiger partial charge is 0.201 e. The second kappa shape index (κ2) is 5.45.